The minimum absolute atomic E-state index is 0.219. The molecule has 0 N–H and O–H groups in total. The van der Waals surface area contributed by atoms with Crippen molar-refractivity contribution in [3.05, 3.63) is 100 Å². The first-order chi connectivity index (χ1) is 15.6. The number of benzene rings is 3. The van der Waals surface area contributed by atoms with E-state index in [1.807, 2.05) is 37.3 Å². The van der Waals surface area contributed by atoms with E-state index in [-0.39, 0.29) is 11.4 Å². The first-order valence-corrected chi connectivity index (χ1v) is 10.9. The van der Waals surface area contributed by atoms with Gasteiger partial charge in [-0.15, -0.1) is 10.2 Å². The molecule has 3 aromatic carbocycles. The molecule has 8 heteroatoms. The Labute approximate surface area is 186 Å². The number of hydrogen-bond donors (Lipinski definition) is 0. The Kier molecular flexibility index (Phi) is 5.28. The maximum Gasteiger partial charge on any atom is 0.277 e. The lowest BCUT2D eigenvalue weighted by Crippen LogP contribution is -2.23. The average molecular weight is 444 g/mol. The molecule has 6 nitrogen and oxygen atoms in total. The second-order valence-corrected chi connectivity index (χ2v) is 8.12. The van der Waals surface area contributed by atoms with Crippen molar-refractivity contribution in [1.82, 2.24) is 19.7 Å². The molecule has 158 valence electrons. The standard InChI is InChI=1S/C24H17FN4O2S/c1-15-6-8-16(9-7-15)22-27-28-24(31-22)32-14-21-26-20-5-3-2-4-19(20)23(30)29(21)18-12-10-17(25)11-13-18/h2-13H,14H2,1H3. The van der Waals surface area contributed by atoms with Gasteiger partial charge in [0.05, 0.1) is 22.3 Å². The van der Waals surface area contributed by atoms with Crippen LogP contribution in [0.5, 0.6) is 0 Å². The zero-order valence-corrected chi connectivity index (χ0v) is 17.8. The average Bonchev–Trinajstić information content (AvgIpc) is 3.28. The number of thioether (sulfide) groups is 1. The van der Waals surface area contributed by atoms with Crippen LogP contribution in [0.3, 0.4) is 0 Å². The molecule has 0 spiro atoms. The molecule has 0 saturated carbocycles. The number of rotatable bonds is 5. The van der Waals surface area contributed by atoms with Gasteiger partial charge in [-0.25, -0.2) is 9.37 Å². The molecule has 0 unspecified atom stereocenters. The van der Waals surface area contributed by atoms with Crippen LogP contribution in [0.1, 0.15) is 11.4 Å². The third-order valence-electron chi connectivity index (χ3n) is 4.96. The quantitative estimate of drug-likeness (QED) is 0.348. The molecule has 0 amide bonds. The van der Waals surface area contributed by atoms with Gasteiger partial charge in [0, 0.05) is 5.56 Å². The van der Waals surface area contributed by atoms with Gasteiger partial charge >= 0.3 is 0 Å². The molecule has 0 aliphatic rings. The predicted molar refractivity (Wildman–Crippen MR) is 121 cm³/mol. The third kappa shape index (κ3) is 3.92. The van der Waals surface area contributed by atoms with Gasteiger partial charge in [0.25, 0.3) is 10.8 Å². The maximum absolute atomic E-state index is 13.5. The highest BCUT2D eigenvalue weighted by Crippen LogP contribution is 2.26. The van der Waals surface area contributed by atoms with Crippen LogP contribution in [-0.2, 0) is 5.75 Å². The van der Waals surface area contributed by atoms with Crippen molar-refractivity contribution in [1.29, 1.82) is 0 Å². The maximum atomic E-state index is 13.5. The van der Waals surface area contributed by atoms with E-state index in [1.165, 1.54) is 28.5 Å². The topological polar surface area (TPSA) is 73.8 Å². The molecule has 5 aromatic rings. The largest absolute Gasteiger partial charge is 0.411 e. The number of para-hydroxylation sites is 1. The van der Waals surface area contributed by atoms with Gasteiger partial charge < -0.3 is 4.42 Å². The first kappa shape index (κ1) is 20.1. The zero-order valence-electron chi connectivity index (χ0n) is 17.0. The molecule has 0 aliphatic heterocycles. The Balaban J connectivity index is 1.50. The summed E-state index contributed by atoms with van der Waals surface area (Å²) in [6, 6.07) is 20.7. The number of nitrogens with zero attached hydrogens (tertiary/aromatic N) is 4. The lowest BCUT2D eigenvalue weighted by atomic mass is 10.1. The van der Waals surface area contributed by atoms with Crippen molar-refractivity contribution in [2.24, 2.45) is 0 Å². The molecule has 0 aliphatic carbocycles. The predicted octanol–water partition coefficient (Wildman–Crippen LogP) is 5.18. The van der Waals surface area contributed by atoms with E-state index < -0.39 is 0 Å². The number of halogens is 1. The van der Waals surface area contributed by atoms with Crippen LogP contribution in [0.4, 0.5) is 4.39 Å². The normalized spacial score (nSPS) is 11.2. The molecular formula is C24H17FN4O2S. The molecule has 5 rings (SSSR count). The Morgan fingerprint density at radius 1 is 0.969 bits per heavy atom. The zero-order chi connectivity index (χ0) is 22.1. The van der Waals surface area contributed by atoms with Gasteiger partial charge in [0.15, 0.2) is 0 Å². The minimum atomic E-state index is -0.374. The third-order valence-corrected chi connectivity index (χ3v) is 5.77. The molecule has 2 aromatic heterocycles. The van der Waals surface area contributed by atoms with Gasteiger partial charge in [0.2, 0.25) is 5.89 Å². The summed E-state index contributed by atoms with van der Waals surface area (Å²) in [6.45, 7) is 2.01. The molecule has 0 bridgehead atoms. The van der Waals surface area contributed by atoms with E-state index in [4.69, 9.17) is 4.42 Å². The summed E-state index contributed by atoms with van der Waals surface area (Å²) in [6.07, 6.45) is 0. The summed E-state index contributed by atoms with van der Waals surface area (Å²) >= 11 is 1.28. The summed E-state index contributed by atoms with van der Waals surface area (Å²) < 4.78 is 20.7. The van der Waals surface area contributed by atoms with Crippen LogP contribution in [0, 0.1) is 12.7 Å². The molecule has 2 heterocycles. The van der Waals surface area contributed by atoms with E-state index in [9.17, 15) is 9.18 Å². The van der Waals surface area contributed by atoms with Crippen LogP contribution in [-0.4, -0.2) is 19.7 Å². The molecule has 0 atom stereocenters. The van der Waals surface area contributed by atoms with E-state index in [0.29, 0.717) is 39.3 Å². The molecule has 0 saturated heterocycles. The highest BCUT2D eigenvalue weighted by molar-refractivity contribution is 7.98. The highest BCUT2D eigenvalue weighted by atomic mass is 32.2. The Hall–Kier alpha value is -3.78. The second kappa shape index (κ2) is 8.39. The van der Waals surface area contributed by atoms with E-state index in [0.717, 1.165) is 11.1 Å². The summed E-state index contributed by atoms with van der Waals surface area (Å²) in [7, 11) is 0. The van der Waals surface area contributed by atoms with Crippen molar-refractivity contribution in [2.45, 2.75) is 17.9 Å². The lowest BCUT2D eigenvalue weighted by molar-refractivity contribution is 0.465. The van der Waals surface area contributed by atoms with E-state index in [2.05, 4.69) is 15.2 Å². The minimum Gasteiger partial charge on any atom is -0.411 e. The number of hydrogen-bond acceptors (Lipinski definition) is 6. The van der Waals surface area contributed by atoms with E-state index >= 15 is 0 Å². The molecule has 32 heavy (non-hydrogen) atoms. The summed E-state index contributed by atoms with van der Waals surface area (Å²) in [5.74, 6) is 0.865. The Morgan fingerprint density at radius 3 is 2.50 bits per heavy atom. The fourth-order valence-electron chi connectivity index (χ4n) is 3.34. The van der Waals surface area contributed by atoms with Crippen LogP contribution in [0.15, 0.2) is 87.2 Å². The lowest BCUT2D eigenvalue weighted by Gasteiger charge is -2.13. The SMILES string of the molecule is Cc1ccc(-c2nnc(SCc3nc4ccccc4c(=O)n3-c3ccc(F)cc3)o2)cc1. The van der Waals surface area contributed by atoms with Crippen molar-refractivity contribution in [3.63, 3.8) is 0 Å². The van der Waals surface area contributed by atoms with Gasteiger partial charge in [-0.2, -0.15) is 0 Å². The van der Waals surface area contributed by atoms with E-state index in [1.54, 1.807) is 30.3 Å². The van der Waals surface area contributed by atoms with Crippen LogP contribution < -0.4 is 5.56 Å². The van der Waals surface area contributed by atoms with Crippen molar-refractivity contribution in [3.8, 4) is 17.1 Å². The molecular weight excluding hydrogens is 427 g/mol. The second-order valence-electron chi connectivity index (χ2n) is 7.19. The summed E-state index contributed by atoms with van der Waals surface area (Å²) in [5.41, 5.74) is 2.89. The van der Waals surface area contributed by atoms with Gasteiger partial charge in [-0.05, 0) is 55.5 Å². The molecule has 0 fully saturated rings. The van der Waals surface area contributed by atoms with Crippen molar-refractivity contribution in [2.75, 3.05) is 0 Å². The fourth-order valence-corrected chi connectivity index (χ4v) is 4.02. The fraction of sp³-hybridized carbons (Fsp3) is 0.0833. The smallest absolute Gasteiger partial charge is 0.277 e. The van der Waals surface area contributed by atoms with Gasteiger partial charge in [0.1, 0.15) is 11.6 Å². The van der Waals surface area contributed by atoms with Crippen molar-refractivity contribution >= 4 is 22.7 Å². The van der Waals surface area contributed by atoms with Crippen LogP contribution >= 0.6 is 11.8 Å². The highest BCUT2D eigenvalue weighted by Gasteiger charge is 2.15. The van der Waals surface area contributed by atoms with Gasteiger partial charge in [-0.1, -0.05) is 41.6 Å². The first-order valence-electron chi connectivity index (χ1n) is 9.88. The molecule has 0 radical (unpaired) electrons. The van der Waals surface area contributed by atoms with Crippen LogP contribution in [0.2, 0.25) is 0 Å². The van der Waals surface area contributed by atoms with Gasteiger partial charge in [-0.3, -0.25) is 9.36 Å². The Morgan fingerprint density at radius 2 is 1.72 bits per heavy atom. The Bertz CT molecular complexity index is 1460. The number of aryl methyl sites for hydroxylation is 1. The number of aromatic nitrogens is 4. The number of fused-ring (bicyclic) bond motifs is 1. The van der Waals surface area contributed by atoms with Crippen molar-refractivity contribution < 1.29 is 8.81 Å². The monoisotopic (exact) mass is 444 g/mol. The van der Waals surface area contributed by atoms with Crippen LogP contribution in [0.25, 0.3) is 28.0 Å². The summed E-state index contributed by atoms with van der Waals surface area (Å²) in [5, 5.41) is 9.09. The summed E-state index contributed by atoms with van der Waals surface area (Å²) in [4.78, 5) is 17.9.